The van der Waals surface area contributed by atoms with Crippen LogP contribution in [0.15, 0.2) is 48.6 Å². The maximum Gasteiger partial charge on any atom is -0.0276 e. The summed E-state index contributed by atoms with van der Waals surface area (Å²) in [6.45, 7) is 11.6. The highest BCUT2D eigenvalue weighted by Gasteiger charge is 2.05. The van der Waals surface area contributed by atoms with Crippen LogP contribution in [0.1, 0.15) is 46.0 Å². The minimum Gasteiger partial charge on any atom is -0.0991 e. The molecule has 0 saturated heterocycles. The highest BCUT2D eigenvalue weighted by Crippen LogP contribution is 2.25. The lowest BCUT2D eigenvalue weighted by atomic mass is 10.0. The molecule has 1 aliphatic carbocycles. The molecule has 1 aliphatic rings. The van der Waals surface area contributed by atoms with Gasteiger partial charge in [-0.2, -0.15) is 0 Å². The van der Waals surface area contributed by atoms with Crippen LogP contribution in [0.4, 0.5) is 0 Å². The first-order chi connectivity index (χ1) is 7.38. The third-order valence-corrected chi connectivity index (χ3v) is 2.48. The molecule has 84 valence electrons. The van der Waals surface area contributed by atoms with E-state index in [9.17, 15) is 0 Å². The van der Waals surface area contributed by atoms with Crippen molar-refractivity contribution in [2.75, 3.05) is 0 Å². The van der Waals surface area contributed by atoms with E-state index in [-0.39, 0.29) is 0 Å². The molecular weight excluding hydrogens is 180 g/mol. The van der Waals surface area contributed by atoms with Gasteiger partial charge in [0.25, 0.3) is 0 Å². The Bertz CT molecular complexity index is 241. The molecule has 0 aromatic carbocycles. The summed E-state index contributed by atoms with van der Waals surface area (Å²) >= 11 is 0. The van der Waals surface area contributed by atoms with Gasteiger partial charge in [0.15, 0.2) is 0 Å². The average molecular weight is 204 g/mol. The predicted molar refractivity (Wildman–Crippen MR) is 71.0 cm³/mol. The van der Waals surface area contributed by atoms with Gasteiger partial charge in [-0.15, -0.1) is 0 Å². The van der Waals surface area contributed by atoms with Crippen molar-refractivity contribution in [1.29, 1.82) is 0 Å². The van der Waals surface area contributed by atoms with Crippen LogP contribution in [0.3, 0.4) is 0 Å². The molecule has 0 atom stereocenters. The highest BCUT2D eigenvalue weighted by molar-refractivity contribution is 5.34. The van der Waals surface area contributed by atoms with E-state index in [1.807, 2.05) is 32.1 Å². The largest absolute Gasteiger partial charge is 0.0991 e. The molecule has 0 aliphatic heterocycles. The zero-order valence-electron chi connectivity index (χ0n) is 10.3. The Morgan fingerprint density at radius 1 is 0.933 bits per heavy atom. The predicted octanol–water partition coefficient (Wildman–Crippen LogP) is 5.20. The molecule has 0 fully saturated rings. The van der Waals surface area contributed by atoms with Crippen LogP contribution >= 0.6 is 0 Å². The molecule has 15 heavy (non-hydrogen) atoms. The molecule has 0 aromatic rings. The van der Waals surface area contributed by atoms with Crippen LogP contribution in [0, 0.1) is 0 Å². The summed E-state index contributed by atoms with van der Waals surface area (Å²) in [4.78, 5) is 0. The molecule has 0 radical (unpaired) electrons. The smallest absolute Gasteiger partial charge is 0.0276 e. The van der Waals surface area contributed by atoms with Crippen molar-refractivity contribution in [3.05, 3.63) is 48.6 Å². The van der Waals surface area contributed by atoms with Gasteiger partial charge in [-0.3, -0.25) is 0 Å². The maximum atomic E-state index is 3.87. The van der Waals surface area contributed by atoms with Crippen molar-refractivity contribution >= 4 is 0 Å². The second-order valence-corrected chi connectivity index (χ2v) is 3.41. The Kier molecular flexibility index (Phi) is 8.85. The Morgan fingerprint density at radius 2 is 1.53 bits per heavy atom. The molecule has 0 aromatic heterocycles. The molecule has 0 bridgehead atoms. The van der Waals surface area contributed by atoms with E-state index in [0.29, 0.717) is 0 Å². The second kappa shape index (κ2) is 9.51. The van der Waals surface area contributed by atoms with Crippen molar-refractivity contribution in [2.24, 2.45) is 0 Å². The van der Waals surface area contributed by atoms with Crippen molar-refractivity contribution in [3.8, 4) is 0 Å². The molecule has 0 nitrogen and oxygen atoms in total. The van der Waals surface area contributed by atoms with E-state index < -0.39 is 0 Å². The molecular formula is C15H24. The minimum absolute atomic E-state index is 1.19. The Labute approximate surface area is 95.1 Å². The lowest BCUT2D eigenvalue weighted by molar-refractivity contribution is 0.710. The molecule has 0 unspecified atom stereocenters. The quantitative estimate of drug-likeness (QED) is 0.554. The highest BCUT2D eigenvalue weighted by atomic mass is 14.1. The zero-order valence-corrected chi connectivity index (χ0v) is 10.3. The summed E-state index contributed by atoms with van der Waals surface area (Å²) in [7, 11) is 0. The van der Waals surface area contributed by atoms with Crippen LogP contribution in [0.25, 0.3) is 0 Å². The van der Waals surface area contributed by atoms with E-state index in [1.165, 1.54) is 43.3 Å². The summed E-state index contributed by atoms with van der Waals surface area (Å²) in [5, 5.41) is 0. The Hall–Kier alpha value is -1.04. The van der Waals surface area contributed by atoms with Gasteiger partial charge in [-0.1, -0.05) is 57.7 Å². The van der Waals surface area contributed by atoms with E-state index in [4.69, 9.17) is 0 Å². The number of rotatable bonds is 3. The SMILES string of the molecule is C=C/C=C\C1=C(C=C)CCCCC1.CC. The van der Waals surface area contributed by atoms with Crippen molar-refractivity contribution in [1.82, 2.24) is 0 Å². The van der Waals surface area contributed by atoms with Gasteiger partial charge in [-0.25, -0.2) is 0 Å². The normalized spacial score (nSPS) is 16.7. The third kappa shape index (κ3) is 5.41. The molecule has 1 rings (SSSR count). The van der Waals surface area contributed by atoms with Crippen molar-refractivity contribution in [2.45, 2.75) is 46.0 Å². The van der Waals surface area contributed by atoms with E-state index in [1.54, 1.807) is 0 Å². The molecule has 0 N–H and O–H groups in total. The number of hydrogen-bond acceptors (Lipinski definition) is 0. The maximum absolute atomic E-state index is 3.87. The first kappa shape index (κ1) is 14.0. The Balaban J connectivity index is 0.000000921. The first-order valence-electron chi connectivity index (χ1n) is 6.02. The lowest BCUT2D eigenvalue weighted by Gasteiger charge is -2.03. The monoisotopic (exact) mass is 204 g/mol. The standard InChI is InChI=1S/C13H18.C2H6/c1-3-5-9-13-11-8-6-7-10-12(13)4-2;1-2/h3-5,9H,1-2,6-8,10-11H2;1-2H3/b9-5-;. The zero-order chi connectivity index (χ0) is 11.5. The van der Waals surface area contributed by atoms with E-state index in [2.05, 4.69) is 19.2 Å². The van der Waals surface area contributed by atoms with Gasteiger partial charge in [-0.05, 0) is 36.8 Å². The second-order valence-electron chi connectivity index (χ2n) is 3.41. The molecule has 0 heterocycles. The van der Waals surface area contributed by atoms with Crippen molar-refractivity contribution in [3.63, 3.8) is 0 Å². The van der Waals surface area contributed by atoms with E-state index in [0.717, 1.165) is 0 Å². The topological polar surface area (TPSA) is 0 Å². The van der Waals surface area contributed by atoms with Crippen LogP contribution in [0.2, 0.25) is 0 Å². The average Bonchev–Trinajstić information content (AvgIpc) is 2.53. The summed E-state index contributed by atoms with van der Waals surface area (Å²) in [5.41, 5.74) is 2.88. The number of hydrogen-bond donors (Lipinski definition) is 0. The third-order valence-electron chi connectivity index (χ3n) is 2.48. The van der Waals surface area contributed by atoms with Gasteiger partial charge in [0.2, 0.25) is 0 Å². The first-order valence-corrected chi connectivity index (χ1v) is 6.02. The minimum atomic E-state index is 1.19. The van der Waals surface area contributed by atoms with Gasteiger partial charge >= 0.3 is 0 Å². The fourth-order valence-corrected chi connectivity index (χ4v) is 1.74. The molecule has 0 heteroatoms. The summed E-state index contributed by atoms with van der Waals surface area (Å²) in [5.74, 6) is 0. The van der Waals surface area contributed by atoms with E-state index >= 15 is 0 Å². The molecule has 0 spiro atoms. The number of allylic oxidation sites excluding steroid dienone is 6. The van der Waals surface area contributed by atoms with Crippen LogP contribution in [-0.4, -0.2) is 0 Å². The summed E-state index contributed by atoms with van der Waals surface area (Å²) in [6, 6.07) is 0. The van der Waals surface area contributed by atoms with Crippen LogP contribution in [-0.2, 0) is 0 Å². The van der Waals surface area contributed by atoms with Gasteiger partial charge in [0.1, 0.15) is 0 Å². The molecule has 0 saturated carbocycles. The van der Waals surface area contributed by atoms with Gasteiger partial charge < -0.3 is 0 Å². The van der Waals surface area contributed by atoms with Gasteiger partial charge in [0, 0.05) is 0 Å². The lowest BCUT2D eigenvalue weighted by Crippen LogP contribution is -1.83. The fraction of sp³-hybridized carbons (Fsp3) is 0.467. The Morgan fingerprint density at radius 3 is 2.07 bits per heavy atom. The van der Waals surface area contributed by atoms with Gasteiger partial charge in [0.05, 0.1) is 0 Å². The molecule has 0 amide bonds. The summed E-state index contributed by atoms with van der Waals surface area (Å²) in [6.07, 6.45) is 14.4. The summed E-state index contributed by atoms with van der Waals surface area (Å²) < 4.78 is 0. The fourth-order valence-electron chi connectivity index (χ4n) is 1.74. The van der Waals surface area contributed by atoms with Crippen molar-refractivity contribution < 1.29 is 0 Å². The van der Waals surface area contributed by atoms with Crippen LogP contribution < -0.4 is 0 Å². The van der Waals surface area contributed by atoms with Crippen LogP contribution in [0.5, 0.6) is 0 Å².